The molecule has 1 aliphatic rings. The number of amides is 2. The zero-order chi connectivity index (χ0) is 17.6. The number of nitrogens with one attached hydrogen (secondary N) is 1. The molecule has 0 aromatic heterocycles. The Morgan fingerprint density at radius 3 is 2.28 bits per heavy atom. The Hall–Kier alpha value is -2.86. The number of para-hydroxylation sites is 3. The van der Waals surface area contributed by atoms with Gasteiger partial charge in [0.15, 0.2) is 5.75 Å². The molecular weight excluding hydrogens is 318 g/mol. The van der Waals surface area contributed by atoms with E-state index >= 15 is 0 Å². The summed E-state index contributed by atoms with van der Waals surface area (Å²) in [5, 5.41) is 2.67. The summed E-state index contributed by atoms with van der Waals surface area (Å²) in [7, 11) is 2.00. The van der Waals surface area contributed by atoms with Crippen LogP contribution >= 0.6 is 0 Å². The Morgan fingerprint density at radius 2 is 1.56 bits per heavy atom. The maximum absolute atomic E-state index is 12.3. The van der Waals surface area contributed by atoms with Crippen LogP contribution in [0.3, 0.4) is 0 Å². The van der Waals surface area contributed by atoms with Crippen molar-refractivity contribution >= 4 is 17.5 Å². The van der Waals surface area contributed by atoms with Crippen molar-refractivity contribution in [1.82, 2.24) is 9.80 Å². The van der Waals surface area contributed by atoms with Crippen LogP contribution in [0.5, 0.6) is 11.5 Å². The summed E-state index contributed by atoms with van der Waals surface area (Å²) in [6.07, 6.45) is 0. The summed E-state index contributed by atoms with van der Waals surface area (Å²) < 4.78 is 5.80. The molecule has 0 aliphatic carbocycles. The Morgan fingerprint density at radius 1 is 0.920 bits per heavy atom. The first-order valence-corrected chi connectivity index (χ1v) is 8.24. The third-order valence-corrected chi connectivity index (χ3v) is 4.09. The molecule has 1 N–H and O–H groups in total. The number of ether oxygens (including phenoxy) is 1. The average Bonchev–Trinajstić information content (AvgIpc) is 2.64. The van der Waals surface area contributed by atoms with Crippen molar-refractivity contribution in [3.05, 3.63) is 54.6 Å². The van der Waals surface area contributed by atoms with E-state index in [1.807, 2.05) is 43.4 Å². The normalized spacial score (nSPS) is 14.8. The Labute approximate surface area is 147 Å². The molecule has 0 spiro atoms. The van der Waals surface area contributed by atoms with Crippen LogP contribution in [0, 0.1) is 0 Å². The highest BCUT2D eigenvalue weighted by atomic mass is 16.5. The van der Waals surface area contributed by atoms with E-state index in [4.69, 9.17) is 4.74 Å². The summed E-state index contributed by atoms with van der Waals surface area (Å²) >= 11 is 0. The van der Waals surface area contributed by atoms with Crippen molar-refractivity contribution in [1.29, 1.82) is 0 Å². The fourth-order valence-corrected chi connectivity index (χ4v) is 2.60. The van der Waals surface area contributed by atoms with E-state index in [1.165, 1.54) is 0 Å². The zero-order valence-corrected chi connectivity index (χ0v) is 14.1. The molecule has 1 aliphatic heterocycles. The number of piperazine rings is 1. The second-order valence-electron chi connectivity index (χ2n) is 5.96. The van der Waals surface area contributed by atoms with Crippen LogP contribution in [-0.4, -0.2) is 54.8 Å². The maximum Gasteiger partial charge on any atom is 0.314 e. The number of hydrogen-bond acceptors (Lipinski definition) is 4. The summed E-state index contributed by atoms with van der Waals surface area (Å²) in [5.41, 5.74) is 0.471. The van der Waals surface area contributed by atoms with Gasteiger partial charge in [0.2, 0.25) is 0 Å². The molecular formula is C19H21N3O3. The molecule has 6 nitrogen and oxygen atoms in total. The molecule has 1 heterocycles. The largest absolute Gasteiger partial charge is 0.455 e. The van der Waals surface area contributed by atoms with Gasteiger partial charge < -0.3 is 19.9 Å². The number of nitrogens with zero attached hydrogens (tertiary/aromatic N) is 2. The van der Waals surface area contributed by atoms with Gasteiger partial charge in [-0.1, -0.05) is 30.3 Å². The lowest BCUT2D eigenvalue weighted by Crippen LogP contribution is -2.50. The van der Waals surface area contributed by atoms with Crippen LogP contribution in [0.25, 0.3) is 0 Å². The second-order valence-corrected chi connectivity index (χ2v) is 5.96. The number of likely N-dealkylation sites (N-methyl/N-ethyl adjacent to an activating group) is 1. The molecule has 1 saturated heterocycles. The van der Waals surface area contributed by atoms with E-state index in [-0.39, 0.29) is 0 Å². The predicted octanol–water partition coefficient (Wildman–Crippen LogP) is 2.19. The van der Waals surface area contributed by atoms with Gasteiger partial charge in [0.1, 0.15) is 5.75 Å². The first-order valence-electron chi connectivity index (χ1n) is 8.24. The van der Waals surface area contributed by atoms with Crippen LogP contribution in [0.1, 0.15) is 0 Å². The molecule has 2 amide bonds. The zero-order valence-electron chi connectivity index (χ0n) is 14.1. The third-order valence-electron chi connectivity index (χ3n) is 4.09. The first-order chi connectivity index (χ1) is 12.1. The summed E-state index contributed by atoms with van der Waals surface area (Å²) in [6, 6.07) is 16.4. The van der Waals surface area contributed by atoms with E-state index in [9.17, 15) is 9.59 Å². The molecule has 0 radical (unpaired) electrons. The molecule has 3 rings (SSSR count). The lowest BCUT2D eigenvalue weighted by molar-refractivity contribution is -0.144. The first kappa shape index (κ1) is 17.0. The van der Waals surface area contributed by atoms with Gasteiger partial charge in [-0.25, -0.2) is 0 Å². The highest BCUT2D eigenvalue weighted by molar-refractivity contribution is 6.39. The minimum atomic E-state index is -0.645. The molecule has 0 bridgehead atoms. The molecule has 130 valence electrons. The van der Waals surface area contributed by atoms with Gasteiger partial charge in [-0.05, 0) is 31.3 Å². The standard InChI is InChI=1S/C19H21N3O3/c1-21-11-13-22(14-12-21)19(24)18(23)20-16-9-5-6-10-17(16)25-15-7-3-2-4-8-15/h2-10H,11-14H2,1H3,(H,20,23). The van der Waals surface area contributed by atoms with Crippen LogP contribution in [0.15, 0.2) is 54.6 Å². The lowest BCUT2D eigenvalue weighted by atomic mass is 10.2. The van der Waals surface area contributed by atoms with Crippen LogP contribution in [0.4, 0.5) is 5.69 Å². The summed E-state index contributed by atoms with van der Waals surface area (Å²) in [6.45, 7) is 2.66. The van der Waals surface area contributed by atoms with E-state index < -0.39 is 11.8 Å². The number of benzene rings is 2. The number of rotatable bonds is 3. The van der Waals surface area contributed by atoms with Crippen molar-refractivity contribution in [3.8, 4) is 11.5 Å². The topological polar surface area (TPSA) is 61.9 Å². The molecule has 0 atom stereocenters. The van der Waals surface area contributed by atoms with Crippen molar-refractivity contribution in [3.63, 3.8) is 0 Å². The fourth-order valence-electron chi connectivity index (χ4n) is 2.60. The minimum Gasteiger partial charge on any atom is -0.455 e. The Bertz CT molecular complexity index is 741. The van der Waals surface area contributed by atoms with E-state index in [0.717, 1.165) is 13.1 Å². The molecule has 0 unspecified atom stereocenters. The van der Waals surface area contributed by atoms with Gasteiger partial charge in [-0.15, -0.1) is 0 Å². The van der Waals surface area contributed by atoms with Gasteiger partial charge in [0.05, 0.1) is 5.69 Å². The summed E-state index contributed by atoms with van der Waals surface area (Å²) in [5.74, 6) is -0.000834. The van der Waals surface area contributed by atoms with Crippen LogP contribution < -0.4 is 10.1 Å². The second kappa shape index (κ2) is 7.81. The third kappa shape index (κ3) is 4.36. The van der Waals surface area contributed by atoms with Gasteiger partial charge in [-0.3, -0.25) is 9.59 Å². The van der Waals surface area contributed by atoms with Gasteiger partial charge in [0.25, 0.3) is 0 Å². The quantitative estimate of drug-likeness (QED) is 0.871. The highest BCUT2D eigenvalue weighted by Gasteiger charge is 2.25. The predicted molar refractivity (Wildman–Crippen MR) is 95.7 cm³/mol. The highest BCUT2D eigenvalue weighted by Crippen LogP contribution is 2.29. The maximum atomic E-state index is 12.3. The van der Waals surface area contributed by atoms with E-state index in [1.54, 1.807) is 23.1 Å². The molecule has 25 heavy (non-hydrogen) atoms. The SMILES string of the molecule is CN1CCN(C(=O)C(=O)Nc2ccccc2Oc2ccccc2)CC1. The van der Waals surface area contributed by atoms with Gasteiger partial charge in [0, 0.05) is 26.2 Å². The average molecular weight is 339 g/mol. The number of hydrogen-bond donors (Lipinski definition) is 1. The van der Waals surface area contributed by atoms with Crippen molar-refractivity contribution < 1.29 is 14.3 Å². The lowest BCUT2D eigenvalue weighted by Gasteiger charge is -2.31. The van der Waals surface area contributed by atoms with Gasteiger partial charge in [-0.2, -0.15) is 0 Å². The molecule has 2 aromatic rings. The number of anilines is 1. The molecule has 2 aromatic carbocycles. The van der Waals surface area contributed by atoms with Crippen molar-refractivity contribution in [2.75, 3.05) is 38.5 Å². The monoisotopic (exact) mass is 339 g/mol. The smallest absolute Gasteiger partial charge is 0.314 e. The number of carbonyl (C=O) groups excluding carboxylic acids is 2. The van der Waals surface area contributed by atoms with Crippen molar-refractivity contribution in [2.24, 2.45) is 0 Å². The molecule has 6 heteroatoms. The Kier molecular flexibility index (Phi) is 5.30. The minimum absolute atomic E-state index is 0.471. The Balaban J connectivity index is 1.68. The van der Waals surface area contributed by atoms with Crippen LogP contribution in [0.2, 0.25) is 0 Å². The fraction of sp³-hybridized carbons (Fsp3) is 0.263. The molecule has 0 saturated carbocycles. The van der Waals surface area contributed by atoms with Crippen LogP contribution in [-0.2, 0) is 9.59 Å². The molecule has 1 fully saturated rings. The van der Waals surface area contributed by atoms with E-state index in [0.29, 0.717) is 30.3 Å². The van der Waals surface area contributed by atoms with Crippen molar-refractivity contribution in [2.45, 2.75) is 0 Å². The van der Waals surface area contributed by atoms with Gasteiger partial charge >= 0.3 is 11.8 Å². The summed E-state index contributed by atoms with van der Waals surface area (Å²) in [4.78, 5) is 28.4. The number of carbonyl (C=O) groups is 2. The van der Waals surface area contributed by atoms with E-state index in [2.05, 4.69) is 10.2 Å².